The van der Waals surface area contributed by atoms with Gasteiger partial charge >= 0.3 is 0 Å². The Hall–Kier alpha value is -0.760. The van der Waals surface area contributed by atoms with Crippen LogP contribution in [0.2, 0.25) is 0 Å². The van der Waals surface area contributed by atoms with E-state index >= 15 is 0 Å². The highest BCUT2D eigenvalue weighted by Gasteiger charge is 2.09. The number of aromatic nitrogens is 1. The van der Waals surface area contributed by atoms with Crippen LogP contribution in [0.5, 0.6) is 0 Å². The molecule has 1 N–H and O–H groups in total. The molecular weight excluding hydrogens is 138 g/mol. The van der Waals surface area contributed by atoms with Gasteiger partial charge in [0.05, 0.1) is 6.61 Å². The van der Waals surface area contributed by atoms with Crippen LogP contribution in [0.15, 0.2) is 0 Å². The largest absolute Gasteiger partial charge is 0.390 e. The molecule has 0 atom stereocenters. The minimum Gasteiger partial charge on any atom is -0.390 e. The van der Waals surface area contributed by atoms with Crippen LogP contribution in [0, 0.1) is 20.8 Å². The van der Waals surface area contributed by atoms with Gasteiger partial charge in [-0.2, -0.15) is 0 Å². The number of nitrogens with zero attached hydrogens (tertiary/aromatic N) is 1. The van der Waals surface area contributed by atoms with Crippen molar-refractivity contribution in [3.8, 4) is 0 Å². The van der Waals surface area contributed by atoms with Gasteiger partial charge in [0.15, 0.2) is 0 Å². The molecule has 0 saturated heterocycles. The van der Waals surface area contributed by atoms with Crippen molar-refractivity contribution in [3.63, 3.8) is 0 Å². The first-order valence-electron chi connectivity index (χ1n) is 3.81. The second-order valence-corrected chi connectivity index (χ2v) is 3.00. The molecule has 1 aromatic heterocycles. The topological polar surface area (TPSA) is 25.2 Å². The van der Waals surface area contributed by atoms with Gasteiger partial charge in [0.25, 0.3) is 0 Å². The zero-order valence-electron chi connectivity index (χ0n) is 7.60. The smallest absolute Gasteiger partial charge is 0.0835 e. The monoisotopic (exact) mass is 153 g/mol. The Labute approximate surface area is 67.5 Å². The number of hydrogen-bond acceptors (Lipinski definition) is 1. The van der Waals surface area contributed by atoms with Crippen LogP contribution in [-0.2, 0) is 13.7 Å². The first kappa shape index (κ1) is 8.34. The van der Waals surface area contributed by atoms with E-state index in [4.69, 9.17) is 5.11 Å². The third-order valence-electron chi connectivity index (χ3n) is 2.60. The number of aliphatic hydroxyl groups excluding tert-OH is 1. The highest BCUT2D eigenvalue weighted by Crippen LogP contribution is 2.19. The first-order valence-corrected chi connectivity index (χ1v) is 3.81. The number of hydrogen-bond donors (Lipinski definition) is 1. The van der Waals surface area contributed by atoms with Crippen LogP contribution >= 0.6 is 0 Å². The summed E-state index contributed by atoms with van der Waals surface area (Å²) >= 11 is 0. The molecule has 1 heterocycles. The van der Waals surface area contributed by atoms with E-state index < -0.39 is 0 Å². The van der Waals surface area contributed by atoms with Crippen LogP contribution < -0.4 is 0 Å². The van der Waals surface area contributed by atoms with Crippen molar-refractivity contribution in [2.24, 2.45) is 7.05 Å². The maximum Gasteiger partial charge on any atom is 0.0835 e. The van der Waals surface area contributed by atoms with Crippen molar-refractivity contribution in [1.29, 1.82) is 0 Å². The van der Waals surface area contributed by atoms with Gasteiger partial charge in [-0.05, 0) is 31.9 Å². The van der Waals surface area contributed by atoms with Gasteiger partial charge in [-0.1, -0.05) is 0 Å². The fourth-order valence-electron chi connectivity index (χ4n) is 1.42. The van der Waals surface area contributed by atoms with Crippen LogP contribution in [0.25, 0.3) is 0 Å². The van der Waals surface area contributed by atoms with E-state index in [2.05, 4.69) is 13.8 Å². The minimum absolute atomic E-state index is 0.136. The SMILES string of the molecule is Cc1c(C)c(CO)n(C)c1C. The van der Waals surface area contributed by atoms with Gasteiger partial charge in [-0.3, -0.25) is 0 Å². The zero-order valence-corrected chi connectivity index (χ0v) is 7.60. The normalized spacial score (nSPS) is 10.6. The average molecular weight is 153 g/mol. The lowest BCUT2D eigenvalue weighted by Gasteiger charge is -2.01. The van der Waals surface area contributed by atoms with Gasteiger partial charge in [0, 0.05) is 18.4 Å². The van der Waals surface area contributed by atoms with Crippen LogP contribution in [-0.4, -0.2) is 9.67 Å². The Bertz CT molecular complexity index is 248. The van der Waals surface area contributed by atoms with Crippen LogP contribution in [0.4, 0.5) is 0 Å². The zero-order chi connectivity index (χ0) is 8.59. The van der Waals surface area contributed by atoms with E-state index in [9.17, 15) is 0 Å². The van der Waals surface area contributed by atoms with Gasteiger partial charge in [0.2, 0.25) is 0 Å². The summed E-state index contributed by atoms with van der Waals surface area (Å²) in [6.07, 6.45) is 0. The Kier molecular flexibility index (Phi) is 2.05. The molecular formula is C9H15NO. The molecule has 0 aliphatic heterocycles. The van der Waals surface area contributed by atoms with Gasteiger partial charge in [-0.15, -0.1) is 0 Å². The molecule has 62 valence electrons. The third-order valence-corrected chi connectivity index (χ3v) is 2.60. The lowest BCUT2D eigenvalue weighted by Crippen LogP contribution is -1.98. The molecule has 0 spiro atoms. The molecule has 0 radical (unpaired) electrons. The summed E-state index contributed by atoms with van der Waals surface area (Å²) < 4.78 is 2.05. The Morgan fingerprint density at radius 2 is 1.73 bits per heavy atom. The Morgan fingerprint density at radius 3 is 1.91 bits per heavy atom. The standard InChI is InChI=1S/C9H15NO/c1-6-7(2)9(5-11)10(4)8(6)3/h11H,5H2,1-4H3. The van der Waals surface area contributed by atoms with Crippen LogP contribution in [0.3, 0.4) is 0 Å². The van der Waals surface area contributed by atoms with E-state index in [-0.39, 0.29) is 6.61 Å². The first-order chi connectivity index (χ1) is 5.09. The second-order valence-electron chi connectivity index (χ2n) is 3.00. The maximum absolute atomic E-state index is 9.02. The molecule has 11 heavy (non-hydrogen) atoms. The summed E-state index contributed by atoms with van der Waals surface area (Å²) in [6, 6.07) is 0. The molecule has 2 nitrogen and oxygen atoms in total. The molecule has 0 bridgehead atoms. The molecule has 0 amide bonds. The van der Waals surface area contributed by atoms with Crippen molar-refractivity contribution in [2.75, 3.05) is 0 Å². The summed E-state index contributed by atoms with van der Waals surface area (Å²) in [5.74, 6) is 0. The maximum atomic E-state index is 9.02. The molecule has 0 aromatic carbocycles. The van der Waals surface area contributed by atoms with E-state index in [1.54, 1.807) is 0 Å². The molecule has 0 aliphatic rings. The third kappa shape index (κ3) is 1.07. The quantitative estimate of drug-likeness (QED) is 0.649. The van der Waals surface area contributed by atoms with Crippen molar-refractivity contribution < 1.29 is 5.11 Å². The predicted molar refractivity (Wildman–Crippen MR) is 45.5 cm³/mol. The van der Waals surface area contributed by atoms with E-state index in [0.717, 1.165) is 5.69 Å². The van der Waals surface area contributed by atoms with E-state index in [1.165, 1.54) is 16.8 Å². The summed E-state index contributed by atoms with van der Waals surface area (Å²) in [5, 5.41) is 9.02. The average Bonchev–Trinajstić information content (AvgIpc) is 2.17. The number of rotatable bonds is 1. The van der Waals surface area contributed by atoms with Crippen molar-refractivity contribution in [3.05, 3.63) is 22.5 Å². The van der Waals surface area contributed by atoms with Crippen molar-refractivity contribution >= 4 is 0 Å². The van der Waals surface area contributed by atoms with Crippen molar-refractivity contribution in [1.82, 2.24) is 4.57 Å². The molecule has 0 saturated carbocycles. The fourth-order valence-corrected chi connectivity index (χ4v) is 1.42. The highest BCUT2D eigenvalue weighted by atomic mass is 16.3. The molecule has 0 aliphatic carbocycles. The lowest BCUT2D eigenvalue weighted by molar-refractivity contribution is 0.271. The van der Waals surface area contributed by atoms with Gasteiger partial charge < -0.3 is 9.67 Å². The summed E-state index contributed by atoms with van der Waals surface area (Å²) in [7, 11) is 1.99. The lowest BCUT2D eigenvalue weighted by atomic mass is 10.1. The van der Waals surface area contributed by atoms with Crippen molar-refractivity contribution in [2.45, 2.75) is 27.4 Å². The predicted octanol–water partition coefficient (Wildman–Crippen LogP) is 1.44. The molecule has 1 aromatic rings. The van der Waals surface area contributed by atoms with Gasteiger partial charge in [0.1, 0.15) is 0 Å². The Morgan fingerprint density at radius 1 is 1.18 bits per heavy atom. The molecule has 0 unspecified atom stereocenters. The van der Waals surface area contributed by atoms with E-state index in [1.807, 2.05) is 18.5 Å². The summed E-state index contributed by atoms with van der Waals surface area (Å²) in [5.41, 5.74) is 4.77. The second kappa shape index (κ2) is 2.70. The summed E-state index contributed by atoms with van der Waals surface area (Å²) in [6.45, 7) is 6.34. The number of aliphatic hydroxyl groups is 1. The molecule has 0 fully saturated rings. The van der Waals surface area contributed by atoms with Crippen LogP contribution in [0.1, 0.15) is 22.5 Å². The van der Waals surface area contributed by atoms with E-state index in [0.29, 0.717) is 0 Å². The van der Waals surface area contributed by atoms with Gasteiger partial charge in [-0.25, -0.2) is 0 Å². The Balaban J connectivity index is 3.36. The highest BCUT2D eigenvalue weighted by molar-refractivity contribution is 5.35. The minimum atomic E-state index is 0.136. The summed E-state index contributed by atoms with van der Waals surface area (Å²) in [4.78, 5) is 0. The molecule has 2 heteroatoms. The molecule has 1 rings (SSSR count). The fraction of sp³-hybridized carbons (Fsp3) is 0.556.